The van der Waals surface area contributed by atoms with Crippen molar-refractivity contribution >= 4 is 11.8 Å². The van der Waals surface area contributed by atoms with Crippen molar-refractivity contribution in [1.29, 1.82) is 0 Å². The van der Waals surface area contributed by atoms with Crippen molar-refractivity contribution in [2.24, 2.45) is 11.5 Å². The Morgan fingerprint density at radius 3 is 2.59 bits per heavy atom. The highest BCUT2D eigenvalue weighted by Gasteiger charge is 2.38. The lowest BCUT2D eigenvalue weighted by Crippen LogP contribution is -2.59. The van der Waals surface area contributed by atoms with Crippen LogP contribution in [-0.2, 0) is 9.59 Å². The Morgan fingerprint density at radius 1 is 1.41 bits per heavy atom. The SMILES string of the molecule is CCCC(C)(N)C(=O)N1CCCCC1C(N)=O. The van der Waals surface area contributed by atoms with Gasteiger partial charge in [-0.3, -0.25) is 9.59 Å². The predicted octanol–water partition coefficient (Wildman–Crippen LogP) is 0.370. The normalized spacial score (nSPS) is 24.2. The average Bonchev–Trinajstić information content (AvgIpc) is 2.28. The van der Waals surface area contributed by atoms with Gasteiger partial charge in [0.15, 0.2) is 0 Å². The topological polar surface area (TPSA) is 89.4 Å². The molecular weight excluding hydrogens is 218 g/mol. The summed E-state index contributed by atoms with van der Waals surface area (Å²) >= 11 is 0. The Morgan fingerprint density at radius 2 is 2.06 bits per heavy atom. The molecule has 0 aromatic rings. The standard InChI is InChI=1S/C12H23N3O2/c1-3-7-12(2,14)11(17)15-8-5-4-6-9(15)10(13)16/h9H,3-8,14H2,1-2H3,(H2,13,16). The van der Waals surface area contributed by atoms with Gasteiger partial charge < -0.3 is 16.4 Å². The second-order valence-electron chi connectivity index (χ2n) is 5.08. The van der Waals surface area contributed by atoms with Crippen LogP contribution >= 0.6 is 0 Å². The number of hydrogen-bond acceptors (Lipinski definition) is 3. The average molecular weight is 241 g/mol. The van der Waals surface area contributed by atoms with E-state index in [0.717, 1.165) is 19.3 Å². The molecule has 1 fully saturated rings. The van der Waals surface area contributed by atoms with Crippen LogP contribution in [0.5, 0.6) is 0 Å². The molecule has 5 nitrogen and oxygen atoms in total. The van der Waals surface area contributed by atoms with Gasteiger partial charge >= 0.3 is 0 Å². The minimum absolute atomic E-state index is 0.150. The fourth-order valence-electron chi connectivity index (χ4n) is 2.42. The van der Waals surface area contributed by atoms with Gasteiger partial charge in [-0.25, -0.2) is 0 Å². The van der Waals surface area contributed by atoms with E-state index >= 15 is 0 Å². The molecule has 5 heteroatoms. The molecule has 1 saturated heterocycles. The molecule has 0 bridgehead atoms. The molecule has 2 amide bonds. The molecule has 4 N–H and O–H groups in total. The fourth-order valence-corrected chi connectivity index (χ4v) is 2.42. The maximum Gasteiger partial charge on any atom is 0.243 e. The quantitative estimate of drug-likeness (QED) is 0.745. The number of carbonyl (C=O) groups is 2. The number of rotatable bonds is 4. The molecule has 1 rings (SSSR count). The molecular formula is C12H23N3O2. The molecule has 0 radical (unpaired) electrons. The van der Waals surface area contributed by atoms with Crippen LogP contribution in [0.2, 0.25) is 0 Å². The van der Waals surface area contributed by atoms with Crippen LogP contribution in [0.15, 0.2) is 0 Å². The van der Waals surface area contributed by atoms with Crippen molar-refractivity contribution in [3.63, 3.8) is 0 Å². The van der Waals surface area contributed by atoms with Crippen LogP contribution in [0.25, 0.3) is 0 Å². The third-order valence-corrected chi connectivity index (χ3v) is 3.35. The van der Waals surface area contributed by atoms with E-state index in [1.807, 2.05) is 6.92 Å². The number of piperidine rings is 1. The highest BCUT2D eigenvalue weighted by molar-refractivity contribution is 5.91. The molecule has 1 aliphatic heterocycles. The molecule has 0 aromatic carbocycles. The first-order valence-electron chi connectivity index (χ1n) is 6.29. The first kappa shape index (κ1) is 14.0. The summed E-state index contributed by atoms with van der Waals surface area (Å²) in [7, 11) is 0. The molecule has 17 heavy (non-hydrogen) atoms. The molecule has 2 atom stereocenters. The second-order valence-corrected chi connectivity index (χ2v) is 5.08. The largest absolute Gasteiger partial charge is 0.368 e. The lowest BCUT2D eigenvalue weighted by atomic mass is 9.92. The highest BCUT2D eigenvalue weighted by Crippen LogP contribution is 2.21. The van der Waals surface area contributed by atoms with Gasteiger partial charge in [0.25, 0.3) is 0 Å². The fraction of sp³-hybridized carbons (Fsp3) is 0.833. The van der Waals surface area contributed by atoms with Gasteiger partial charge in [-0.1, -0.05) is 13.3 Å². The molecule has 1 heterocycles. The van der Waals surface area contributed by atoms with E-state index in [1.165, 1.54) is 0 Å². The minimum Gasteiger partial charge on any atom is -0.368 e. The number of nitrogens with two attached hydrogens (primary N) is 2. The maximum atomic E-state index is 12.3. The second kappa shape index (κ2) is 5.49. The van der Waals surface area contributed by atoms with E-state index in [1.54, 1.807) is 11.8 Å². The number of primary amides is 1. The first-order valence-corrected chi connectivity index (χ1v) is 6.29. The zero-order valence-corrected chi connectivity index (χ0v) is 10.7. The van der Waals surface area contributed by atoms with Gasteiger partial charge in [0.2, 0.25) is 11.8 Å². The van der Waals surface area contributed by atoms with Crippen LogP contribution in [-0.4, -0.2) is 34.8 Å². The van der Waals surface area contributed by atoms with Crippen LogP contribution in [0.4, 0.5) is 0 Å². The summed E-state index contributed by atoms with van der Waals surface area (Å²) in [6.07, 6.45) is 3.97. The van der Waals surface area contributed by atoms with E-state index in [4.69, 9.17) is 11.5 Å². The molecule has 0 aliphatic carbocycles. The molecule has 98 valence electrons. The Balaban J connectivity index is 2.81. The number of likely N-dealkylation sites (tertiary alicyclic amines) is 1. The van der Waals surface area contributed by atoms with Crippen molar-refractivity contribution in [1.82, 2.24) is 4.90 Å². The van der Waals surface area contributed by atoms with E-state index < -0.39 is 17.5 Å². The number of nitrogens with zero attached hydrogens (tertiary/aromatic N) is 1. The maximum absolute atomic E-state index is 12.3. The van der Waals surface area contributed by atoms with Crippen molar-refractivity contribution in [2.75, 3.05) is 6.54 Å². The summed E-state index contributed by atoms with van der Waals surface area (Å²) in [6.45, 7) is 4.30. The Labute approximate surface area is 103 Å². The summed E-state index contributed by atoms with van der Waals surface area (Å²) in [5.41, 5.74) is 10.5. The summed E-state index contributed by atoms with van der Waals surface area (Å²) in [4.78, 5) is 25.2. The molecule has 2 unspecified atom stereocenters. The Bertz CT molecular complexity index is 302. The number of carbonyl (C=O) groups excluding carboxylic acids is 2. The van der Waals surface area contributed by atoms with Gasteiger partial charge in [0.1, 0.15) is 6.04 Å². The predicted molar refractivity (Wildman–Crippen MR) is 66.0 cm³/mol. The molecule has 0 spiro atoms. The molecule has 1 aliphatic rings. The van der Waals surface area contributed by atoms with E-state index in [9.17, 15) is 9.59 Å². The van der Waals surface area contributed by atoms with Crippen molar-refractivity contribution in [3.8, 4) is 0 Å². The summed E-state index contributed by atoms with van der Waals surface area (Å²) < 4.78 is 0. The molecule has 0 aromatic heterocycles. The van der Waals surface area contributed by atoms with Gasteiger partial charge in [-0.2, -0.15) is 0 Å². The Hall–Kier alpha value is -1.10. The first-order chi connectivity index (χ1) is 7.90. The lowest BCUT2D eigenvalue weighted by molar-refractivity contribution is -0.145. The van der Waals surface area contributed by atoms with Gasteiger partial charge in [0, 0.05) is 6.54 Å². The third-order valence-electron chi connectivity index (χ3n) is 3.35. The van der Waals surface area contributed by atoms with Gasteiger partial charge in [-0.05, 0) is 32.6 Å². The van der Waals surface area contributed by atoms with Crippen LogP contribution in [0, 0.1) is 0 Å². The van der Waals surface area contributed by atoms with E-state index in [-0.39, 0.29) is 5.91 Å². The van der Waals surface area contributed by atoms with Gasteiger partial charge in [-0.15, -0.1) is 0 Å². The minimum atomic E-state index is -0.889. The Kier molecular flexibility index (Phi) is 4.51. The van der Waals surface area contributed by atoms with E-state index in [2.05, 4.69) is 0 Å². The monoisotopic (exact) mass is 241 g/mol. The highest BCUT2D eigenvalue weighted by atomic mass is 16.2. The van der Waals surface area contributed by atoms with Crippen molar-refractivity contribution in [3.05, 3.63) is 0 Å². The van der Waals surface area contributed by atoms with E-state index in [0.29, 0.717) is 19.4 Å². The van der Waals surface area contributed by atoms with Crippen LogP contribution in [0.1, 0.15) is 46.0 Å². The van der Waals surface area contributed by atoms with Crippen molar-refractivity contribution in [2.45, 2.75) is 57.5 Å². The van der Waals surface area contributed by atoms with Crippen LogP contribution in [0.3, 0.4) is 0 Å². The third kappa shape index (κ3) is 3.19. The number of hydrogen-bond donors (Lipinski definition) is 2. The smallest absolute Gasteiger partial charge is 0.243 e. The summed E-state index contributed by atoms with van der Waals surface area (Å²) in [5, 5.41) is 0. The van der Waals surface area contributed by atoms with Crippen LogP contribution < -0.4 is 11.5 Å². The summed E-state index contributed by atoms with van der Waals surface area (Å²) in [5.74, 6) is -0.576. The molecule has 0 saturated carbocycles. The summed E-state index contributed by atoms with van der Waals surface area (Å²) in [6, 6.07) is -0.476. The zero-order chi connectivity index (χ0) is 13.1. The van der Waals surface area contributed by atoms with Crippen molar-refractivity contribution < 1.29 is 9.59 Å². The van der Waals surface area contributed by atoms with Gasteiger partial charge in [0.05, 0.1) is 5.54 Å². The number of amides is 2. The lowest BCUT2D eigenvalue weighted by Gasteiger charge is -2.38. The zero-order valence-electron chi connectivity index (χ0n) is 10.7.